The Balaban J connectivity index is 1.60. The van der Waals surface area contributed by atoms with Crippen LogP contribution in [0.3, 0.4) is 0 Å². The Morgan fingerprint density at radius 3 is 2.58 bits per heavy atom. The number of hydrogen-bond acceptors (Lipinski definition) is 6. The van der Waals surface area contributed by atoms with E-state index in [-0.39, 0.29) is 23.3 Å². The largest absolute Gasteiger partial charge is 0.339 e. The van der Waals surface area contributed by atoms with Crippen LogP contribution in [0.4, 0.5) is 0 Å². The summed E-state index contributed by atoms with van der Waals surface area (Å²) < 4.78 is 25.2. The van der Waals surface area contributed by atoms with Gasteiger partial charge in [0.25, 0.3) is 0 Å². The highest BCUT2D eigenvalue weighted by atomic mass is 32.2. The molecule has 0 spiro atoms. The summed E-state index contributed by atoms with van der Waals surface area (Å²) in [5.74, 6) is 1.49. The maximum absolute atomic E-state index is 12.7. The van der Waals surface area contributed by atoms with Crippen LogP contribution in [-0.4, -0.2) is 63.8 Å². The number of carbonyl (C=O) groups is 1. The second-order valence-electron chi connectivity index (χ2n) is 7.26. The van der Waals surface area contributed by atoms with E-state index in [4.69, 9.17) is 0 Å². The van der Waals surface area contributed by atoms with Crippen LogP contribution in [0, 0.1) is 0 Å². The number of amides is 1. The molecular formula is C17H28N4O3S2. The zero-order valence-electron chi connectivity index (χ0n) is 15.6. The second kappa shape index (κ2) is 8.29. The van der Waals surface area contributed by atoms with Gasteiger partial charge in [0.2, 0.25) is 5.91 Å². The van der Waals surface area contributed by atoms with Crippen LogP contribution in [0.2, 0.25) is 0 Å². The summed E-state index contributed by atoms with van der Waals surface area (Å²) in [6.45, 7) is 2.78. The topological polar surface area (TPSA) is 85.2 Å². The molecule has 2 fully saturated rings. The van der Waals surface area contributed by atoms with Gasteiger partial charge in [0.1, 0.15) is 5.82 Å². The van der Waals surface area contributed by atoms with E-state index in [0.717, 1.165) is 19.4 Å². The fourth-order valence-corrected chi connectivity index (χ4v) is 6.59. The van der Waals surface area contributed by atoms with Crippen LogP contribution in [0.5, 0.6) is 0 Å². The zero-order chi connectivity index (χ0) is 18.7. The standard InChI is InChI=1S/C17H28N4O3S2/c1-3-21(14-7-5-4-6-8-14)15(22)11-25-17-19-18-16(20(17)2)13-9-10-26(23,24)12-13/h13-14H,3-12H2,1-2H3. The van der Waals surface area contributed by atoms with Crippen molar-refractivity contribution in [3.8, 4) is 0 Å². The number of aromatic nitrogens is 3. The molecule has 0 radical (unpaired) electrons. The van der Waals surface area contributed by atoms with Crippen LogP contribution >= 0.6 is 11.8 Å². The smallest absolute Gasteiger partial charge is 0.233 e. The number of sulfone groups is 1. The van der Waals surface area contributed by atoms with Crippen molar-refractivity contribution in [2.45, 2.75) is 62.6 Å². The lowest BCUT2D eigenvalue weighted by molar-refractivity contribution is -0.131. The predicted octanol–water partition coefficient (Wildman–Crippen LogP) is 1.99. The van der Waals surface area contributed by atoms with E-state index < -0.39 is 9.84 Å². The fourth-order valence-electron chi connectivity index (χ4n) is 4.05. The van der Waals surface area contributed by atoms with E-state index in [1.54, 1.807) is 0 Å². The van der Waals surface area contributed by atoms with Crippen molar-refractivity contribution in [2.24, 2.45) is 7.05 Å². The van der Waals surface area contributed by atoms with Gasteiger partial charge in [-0.1, -0.05) is 31.0 Å². The van der Waals surface area contributed by atoms with E-state index >= 15 is 0 Å². The van der Waals surface area contributed by atoms with Gasteiger partial charge in [-0.25, -0.2) is 8.42 Å². The monoisotopic (exact) mass is 400 g/mol. The first kappa shape index (κ1) is 19.7. The summed E-state index contributed by atoms with van der Waals surface area (Å²) >= 11 is 1.39. The Kier molecular flexibility index (Phi) is 6.27. The van der Waals surface area contributed by atoms with Gasteiger partial charge in [-0.15, -0.1) is 10.2 Å². The molecule has 1 aromatic heterocycles. The molecule has 2 aliphatic rings. The molecule has 0 aromatic carbocycles. The Morgan fingerprint density at radius 1 is 1.23 bits per heavy atom. The van der Waals surface area contributed by atoms with Crippen LogP contribution in [0.25, 0.3) is 0 Å². The zero-order valence-corrected chi connectivity index (χ0v) is 17.2. The van der Waals surface area contributed by atoms with Crippen molar-refractivity contribution >= 4 is 27.5 Å². The summed E-state index contributed by atoms with van der Waals surface area (Å²) in [4.78, 5) is 14.7. The van der Waals surface area contributed by atoms with Gasteiger partial charge in [0, 0.05) is 25.6 Å². The van der Waals surface area contributed by atoms with Crippen molar-refractivity contribution in [3.05, 3.63) is 5.82 Å². The summed E-state index contributed by atoms with van der Waals surface area (Å²) in [7, 11) is -1.10. The molecule has 1 unspecified atom stereocenters. The Bertz CT molecular complexity index is 741. The van der Waals surface area contributed by atoms with Crippen molar-refractivity contribution in [1.29, 1.82) is 0 Å². The minimum absolute atomic E-state index is 0.0862. The van der Waals surface area contributed by atoms with Crippen LogP contribution in [0.15, 0.2) is 5.16 Å². The second-order valence-corrected chi connectivity index (χ2v) is 10.4. The molecule has 7 nitrogen and oxygen atoms in total. The SMILES string of the molecule is CCN(C(=O)CSc1nnc(C2CCS(=O)(=O)C2)n1C)C1CCCCC1. The summed E-state index contributed by atoms with van der Waals surface area (Å²) in [6, 6.07) is 0.376. The Labute approximate surface area is 159 Å². The molecule has 1 aliphatic heterocycles. The number of nitrogens with zero attached hydrogens (tertiary/aromatic N) is 4. The van der Waals surface area contributed by atoms with E-state index in [9.17, 15) is 13.2 Å². The first-order valence-corrected chi connectivity index (χ1v) is 12.2. The molecular weight excluding hydrogens is 372 g/mol. The number of thioether (sulfide) groups is 1. The van der Waals surface area contributed by atoms with E-state index in [0.29, 0.717) is 29.2 Å². The van der Waals surface area contributed by atoms with Gasteiger partial charge >= 0.3 is 0 Å². The number of rotatable bonds is 6. The van der Waals surface area contributed by atoms with Gasteiger partial charge in [0.05, 0.1) is 17.3 Å². The average Bonchev–Trinajstić information content (AvgIpc) is 3.16. The van der Waals surface area contributed by atoms with Crippen molar-refractivity contribution in [3.63, 3.8) is 0 Å². The quantitative estimate of drug-likeness (QED) is 0.679. The van der Waals surface area contributed by atoms with Crippen molar-refractivity contribution in [2.75, 3.05) is 23.8 Å². The molecule has 1 aliphatic carbocycles. The molecule has 26 heavy (non-hydrogen) atoms. The van der Waals surface area contributed by atoms with Gasteiger partial charge < -0.3 is 9.47 Å². The van der Waals surface area contributed by atoms with Gasteiger partial charge in [0.15, 0.2) is 15.0 Å². The summed E-state index contributed by atoms with van der Waals surface area (Å²) in [6.07, 6.45) is 6.50. The predicted molar refractivity (Wildman–Crippen MR) is 102 cm³/mol. The molecule has 1 amide bonds. The lowest BCUT2D eigenvalue weighted by Gasteiger charge is -2.33. The first-order valence-electron chi connectivity index (χ1n) is 9.43. The average molecular weight is 401 g/mol. The third-order valence-corrected chi connectivity index (χ3v) is 8.24. The van der Waals surface area contributed by atoms with E-state index in [2.05, 4.69) is 10.2 Å². The van der Waals surface area contributed by atoms with Gasteiger partial charge in [-0.05, 0) is 26.2 Å². The maximum atomic E-state index is 12.7. The molecule has 1 aromatic rings. The molecule has 0 bridgehead atoms. The van der Waals surface area contributed by atoms with Crippen LogP contribution in [0.1, 0.15) is 57.2 Å². The fraction of sp³-hybridized carbons (Fsp3) is 0.824. The van der Waals surface area contributed by atoms with Crippen LogP contribution in [-0.2, 0) is 21.7 Å². The molecule has 1 atom stereocenters. The highest BCUT2D eigenvalue weighted by Crippen LogP contribution is 2.29. The Hall–Kier alpha value is -1.09. The minimum Gasteiger partial charge on any atom is -0.339 e. The molecule has 146 valence electrons. The van der Waals surface area contributed by atoms with Gasteiger partial charge in [-0.3, -0.25) is 4.79 Å². The summed E-state index contributed by atoms with van der Waals surface area (Å²) in [5.41, 5.74) is 0. The minimum atomic E-state index is -2.95. The van der Waals surface area contributed by atoms with Crippen LogP contribution < -0.4 is 0 Å². The van der Waals surface area contributed by atoms with Crippen molar-refractivity contribution < 1.29 is 13.2 Å². The first-order chi connectivity index (χ1) is 12.4. The molecule has 2 heterocycles. The van der Waals surface area contributed by atoms with Gasteiger partial charge in [-0.2, -0.15) is 0 Å². The molecule has 3 rings (SSSR count). The summed E-state index contributed by atoms with van der Waals surface area (Å²) in [5, 5.41) is 9.07. The third kappa shape index (κ3) is 4.42. The van der Waals surface area contributed by atoms with E-state index in [1.165, 1.54) is 31.0 Å². The molecule has 0 N–H and O–H groups in total. The number of carbonyl (C=O) groups excluding carboxylic acids is 1. The lowest BCUT2D eigenvalue weighted by Crippen LogP contribution is -2.42. The Morgan fingerprint density at radius 2 is 1.96 bits per heavy atom. The van der Waals surface area contributed by atoms with E-state index in [1.807, 2.05) is 23.4 Å². The van der Waals surface area contributed by atoms with Crippen molar-refractivity contribution in [1.82, 2.24) is 19.7 Å². The highest BCUT2D eigenvalue weighted by molar-refractivity contribution is 7.99. The lowest BCUT2D eigenvalue weighted by atomic mass is 9.94. The number of hydrogen-bond donors (Lipinski definition) is 0. The molecule has 1 saturated carbocycles. The normalized spacial score (nSPS) is 23.2. The third-order valence-electron chi connectivity index (χ3n) is 5.47. The maximum Gasteiger partial charge on any atom is 0.233 e. The molecule has 9 heteroatoms. The highest BCUT2D eigenvalue weighted by Gasteiger charge is 2.33. The molecule has 1 saturated heterocycles.